The van der Waals surface area contributed by atoms with Gasteiger partial charge in [-0.15, -0.1) is 0 Å². The van der Waals surface area contributed by atoms with E-state index in [-0.39, 0.29) is 21.0 Å². The highest BCUT2D eigenvalue weighted by Gasteiger charge is 2.34. The van der Waals surface area contributed by atoms with Gasteiger partial charge in [0.15, 0.2) is 0 Å². The molecule has 1 fully saturated rings. The molecule has 0 aromatic heterocycles. The molecular weight excluding hydrogens is 307 g/mol. The summed E-state index contributed by atoms with van der Waals surface area (Å²) >= 11 is 11.9. The topological polar surface area (TPSA) is 63.4 Å². The first kappa shape index (κ1) is 15.1. The van der Waals surface area contributed by atoms with Crippen molar-refractivity contribution >= 4 is 33.2 Å². The van der Waals surface area contributed by atoms with E-state index in [2.05, 4.69) is 0 Å². The van der Waals surface area contributed by atoms with Gasteiger partial charge in [-0.05, 0) is 25.0 Å². The summed E-state index contributed by atoms with van der Waals surface area (Å²) in [4.78, 5) is 0.0574. The van der Waals surface area contributed by atoms with Crippen molar-refractivity contribution < 1.29 is 8.42 Å². The molecule has 0 spiro atoms. The molecule has 0 radical (unpaired) electrons. The van der Waals surface area contributed by atoms with Crippen LogP contribution in [0.2, 0.25) is 10.0 Å². The van der Waals surface area contributed by atoms with Crippen LogP contribution in [-0.4, -0.2) is 31.9 Å². The zero-order valence-electron chi connectivity index (χ0n) is 10.4. The van der Waals surface area contributed by atoms with Crippen molar-refractivity contribution in [1.82, 2.24) is 4.31 Å². The summed E-state index contributed by atoms with van der Waals surface area (Å²) in [6.07, 6.45) is 2.62. The van der Waals surface area contributed by atoms with E-state index in [1.807, 2.05) is 0 Å². The number of nitrogens with two attached hydrogens (primary N) is 1. The first-order valence-electron chi connectivity index (χ1n) is 6.14. The Morgan fingerprint density at radius 3 is 2.74 bits per heavy atom. The van der Waals surface area contributed by atoms with Gasteiger partial charge in [0.1, 0.15) is 4.90 Å². The lowest BCUT2D eigenvalue weighted by Crippen LogP contribution is -2.47. The van der Waals surface area contributed by atoms with Crippen LogP contribution in [-0.2, 0) is 10.0 Å². The largest absolute Gasteiger partial charge is 0.329 e. The number of piperidine rings is 1. The molecule has 1 aliphatic rings. The molecule has 19 heavy (non-hydrogen) atoms. The van der Waals surface area contributed by atoms with Gasteiger partial charge >= 0.3 is 0 Å². The summed E-state index contributed by atoms with van der Waals surface area (Å²) in [5.41, 5.74) is 5.67. The maximum absolute atomic E-state index is 12.7. The third kappa shape index (κ3) is 2.90. The van der Waals surface area contributed by atoms with Crippen LogP contribution in [0.5, 0.6) is 0 Å². The molecule has 1 aliphatic heterocycles. The van der Waals surface area contributed by atoms with Crippen molar-refractivity contribution in [1.29, 1.82) is 0 Å². The molecule has 0 aliphatic carbocycles. The van der Waals surface area contributed by atoms with Gasteiger partial charge in [-0.25, -0.2) is 8.42 Å². The van der Waals surface area contributed by atoms with E-state index in [1.165, 1.54) is 10.4 Å². The first-order valence-corrected chi connectivity index (χ1v) is 8.34. The van der Waals surface area contributed by atoms with Gasteiger partial charge in [0.25, 0.3) is 0 Å². The van der Waals surface area contributed by atoms with Crippen molar-refractivity contribution in [2.24, 2.45) is 5.73 Å². The van der Waals surface area contributed by atoms with Crippen molar-refractivity contribution in [3.63, 3.8) is 0 Å². The second-order valence-corrected chi connectivity index (χ2v) is 7.20. The van der Waals surface area contributed by atoms with Crippen LogP contribution in [0.1, 0.15) is 19.3 Å². The highest BCUT2D eigenvalue weighted by atomic mass is 35.5. The summed E-state index contributed by atoms with van der Waals surface area (Å²) in [5.74, 6) is 0. The maximum atomic E-state index is 12.7. The van der Waals surface area contributed by atoms with E-state index in [9.17, 15) is 8.42 Å². The number of rotatable bonds is 3. The third-order valence-corrected chi connectivity index (χ3v) is 6.27. The molecule has 0 bridgehead atoms. The zero-order valence-corrected chi connectivity index (χ0v) is 12.7. The molecule has 1 saturated heterocycles. The van der Waals surface area contributed by atoms with Crippen molar-refractivity contribution in [2.75, 3.05) is 13.1 Å². The number of hydrogen-bond donors (Lipinski definition) is 1. The molecule has 0 saturated carbocycles. The molecule has 1 aromatic carbocycles. The number of halogens is 2. The highest BCUT2D eigenvalue weighted by Crippen LogP contribution is 2.33. The Morgan fingerprint density at radius 2 is 2.05 bits per heavy atom. The lowest BCUT2D eigenvalue weighted by atomic mass is 10.1. The standard InChI is InChI=1S/C12H16Cl2N2O2S/c13-10-5-3-6-11(12(10)14)19(17,18)16-7-2-1-4-9(16)8-15/h3,5-6,9H,1-2,4,7-8,15H2. The predicted molar refractivity (Wildman–Crippen MR) is 77.0 cm³/mol. The van der Waals surface area contributed by atoms with Gasteiger partial charge in [-0.3, -0.25) is 0 Å². The minimum absolute atomic E-state index is 0.0574. The van der Waals surface area contributed by atoms with Crippen LogP contribution in [0, 0.1) is 0 Å². The normalized spacial score (nSPS) is 21.5. The fourth-order valence-electron chi connectivity index (χ4n) is 2.34. The molecule has 1 aromatic rings. The molecule has 2 N–H and O–H groups in total. The Bertz CT molecular complexity index is 563. The van der Waals surface area contributed by atoms with E-state index in [0.29, 0.717) is 13.1 Å². The average molecular weight is 323 g/mol. The number of hydrogen-bond acceptors (Lipinski definition) is 3. The van der Waals surface area contributed by atoms with E-state index < -0.39 is 10.0 Å². The van der Waals surface area contributed by atoms with Gasteiger partial charge < -0.3 is 5.73 Å². The Morgan fingerprint density at radius 1 is 1.32 bits per heavy atom. The number of nitrogens with zero attached hydrogens (tertiary/aromatic N) is 1. The molecule has 1 heterocycles. The molecule has 0 amide bonds. The Labute approximate surface area is 123 Å². The smallest absolute Gasteiger partial charge is 0.244 e. The van der Waals surface area contributed by atoms with Gasteiger partial charge in [-0.2, -0.15) is 4.31 Å². The zero-order chi connectivity index (χ0) is 14.0. The molecule has 106 valence electrons. The SMILES string of the molecule is NCC1CCCCN1S(=O)(=O)c1cccc(Cl)c1Cl. The molecule has 4 nitrogen and oxygen atoms in total. The minimum Gasteiger partial charge on any atom is -0.329 e. The summed E-state index contributed by atoms with van der Waals surface area (Å²) in [7, 11) is -3.64. The first-order chi connectivity index (χ1) is 8.98. The van der Waals surface area contributed by atoms with Gasteiger partial charge in [0.2, 0.25) is 10.0 Å². The lowest BCUT2D eigenvalue weighted by molar-refractivity contribution is 0.257. The fourth-order valence-corrected chi connectivity index (χ4v) is 4.78. The van der Waals surface area contributed by atoms with Crippen LogP contribution in [0.15, 0.2) is 23.1 Å². The Balaban J connectivity index is 2.44. The highest BCUT2D eigenvalue weighted by molar-refractivity contribution is 7.89. The summed E-state index contributed by atoms with van der Waals surface area (Å²) < 4.78 is 26.8. The van der Waals surface area contributed by atoms with Crippen LogP contribution in [0.4, 0.5) is 0 Å². The van der Waals surface area contributed by atoms with Crippen LogP contribution in [0.25, 0.3) is 0 Å². The number of sulfonamides is 1. The van der Waals surface area contributed by atoms with Crippen LogP contribution in [0.3, 0.4) is 0 Å². The van der Waals surface area contributed by atoms with Crippen molar-refractivity contribution in [3.8, 4) is 0 Å². The summed E-state index contributed by atoms with van der Waals surface area (Å²) in [6, 6.07) is 4.47. The fraction of sp³-hybridized carbons (Fsp3) is 0.500. The summed E-state index contributed by atoms with van der Waals surface area (Å²) in [6.45, 7) is 0.796. The van der Waals surface area contributed by atoms with Crippen molar-refractivity contribution in [2.45, 2.75) is 30.2 Å². The van der Waals surface area contributed by atoms with Gasteiger partial charge in [0, 0.05) is 19.1 Å². The van der Waals surface area contributed by atoms with Gasteiger partial charge in [-0.1, -0.05) is 35.7 Å². The minimum atomic E-state index is -3.64. The predicted octanol–water partition coefficient (Wildman–Crippen LogP) is 2.50. The Hall–Kier alpha value is -0.330. The van der Waals surface area contributed by atoms with Crippen LogP contribution < -0.4 is 5.73 Å². The monoisotopic (exact) mass is 322 g/mol. The maximum Gasteiger partial charge on any atom is 0.244 e. The quantitative estimate of drug-likeness (QED) is 0.929. The Kier molecular flexibility index (Phi) is 4.74. The molecule has 1 atom stereocenters. The van der Waals surface area contributed by atoms with Crippen LogP contribution >= 0.6 is 23.2 Å². The van der Waals surface area contributed by atoms with E-state index in [1.54, 1.807) is 12.1 Å². The molecule has 1 unspecified atom stereocenters. The summed E-state index contributed by atoms with van der Waals surface area (Å²) in [5, 5.41) is 0.314. The average Bonchev–Trinajstić information content (AvgIpc) is 2.41. The molecular formula is C12H16Cl2N2O2S. The van der Waals surface area contributed by atoms with Crippen molar-refractivity contribution in [3.05, 3.63) is 28.2 Å². The third-order valence-electron chi connectivity index (χ3n) is 3.35. The lowest BCUT2D eigenvalue weighted by Gasteiger charge is -2.34. The molecule has 7 heteroatoms. The van der Waals surface area contributed by atoms with Gasteiger partial charge in [0.05, 0.1) is 10.0 Å². The number of benzene rings is 1. The molecule has 2 rings (SSSR count). The van der Waals surface area contributed by atoms with E-state index in [4.69, 9.17) is 28.9 Å². The van der Waals surface area contributed by atoms with E-state index >= 15 is 0 Å². The van der Waals surface area contributed by atoms with E-state index in [0.717, 1.165) is 19.3 Å². The second kappa shape index (κ2) is 5.97. The second-order valence-electron chi connectivity index (χ2n) is 4.55.